The van der Waals surface area contributed by atoms with Gasteiger partial charge in [0, 0.05) is 19.8 Å². The fraction of sp³-hybridized carbons (Fsp3) is 0.917. The van der Waals surface area contributed by atoms with Gasteiger partial charge in [-0.05, 0) is 32.6 Å². The molecule has 0 aliphatic carbocycles. The van der Waals surface area contributed by atoms with Crippen molar-refractivity contribution in [2.24, 2.45) is 11.8 Å². The summed E-state index contributed by atoms with van der Waals surface area (Å²) in [6, 6.07) is 0. The highest BCUT2D eigenvalue weighted by Gasteiger charge is 2.17. The zero-order chi connectivity index (χ0) is 11.8. The van der Waals surface area contributed by atoms with Gasteiger partial charge in [0.1, 0.15) is 0 Å². The minimum absolute atomic E-state index is 0.167. The van der Waals surface area contributed by atoms with Crippen LogP contribution in [0.15, 0.2) is 0 Å². The van der Waals surface area contributed by atoms with E-state index >= 15 is 0 Å². The quantitative estimate of drug-likeness (QED) is 0.651. The van der Waals surface area contributed by atoms with E-state index in [1.807, 2.05) is 13.8 Å². The lowest BCUT2D eigenvalue weighted by Gasteiger charge is -2.22. The molecule has 0 aromatic rings. The van der Waals surface area contributed by atoms with Gasteiger partial charge < -0.3 is 14.2 Å². The number of esters is 1. The topological polar surface area (TPSA) is 44.8 Å². The maximum Gasteiger partial charge on any atom is 0.310 e. The average molecular weight is 230 g/mol. The first kappa shape index (κ1) is 13.5. The number of carbonyl (C=O) groups excluding carboxylic acids is 1. The molecule has 1 fully saturated rings. The normalized spacial score (nSPS) is 19.4. The van der Waals surface area contributed by atoms with Crippen LogP contribution in [0.5, 0.6) is 0 Å². The summed E-state index contributed by atoms with van der Waals surface area (Å²) < 4.78 is 15.7. The van der Waals surface area contributed by atoms with E-state index in [1.54, 1.807) is 0 Å². The van der Waals surface area contributed by atoms with Crippen molar-refractivity contribution in [3.8, 4) is 0 Å². The van der Waals surface area contributed by atoms with Crippen LogP contribution in [0.4, 0.5) is 0 Å². The second-order valence-corrected chi connectivity index (χ2v) is 4.25. The average Bonchev–Trinajstić information content (AvgIpc) is 2.30. The summed E-state index contributed by atoms with van der Waals surface area (Å²) in [7, 11) is 0. The van der Waals surface area contributed by atoms with E-state index in [1.165, 1.54) is 0 Å². The van der Waals surface area contributed by atoms with Gasteiger partial charge in [-0.3, -0.25) is 4.79 Å². The first-order chi connectivity index (χ1) is 7.74. The predicted octanol–water partition coefficient (Wildman–Crippen LogP) is 1.63. The third-order valence-corrected chi connectivity index (χ3v) is 2.75. The van der Waals surface area contributed by atoms with Gasteiger partial charge in [0.05, 0.1) is 19.1 Å². The molecule has 0 aromatic heterocycles. The minimum atomic E-state index is -0.172. The predicted molar refractivity (Wildman–Crippen MR) is 60.2 cm³/mol. The third-order valence-electron chi connectivity index (χ3n) is 2.75. The molecule has 4 nitrogen and oxygen atoms in total. The number of hydrogen-bond donors (Lipinski definition) is 0. The molecular formula is C12H22O4. The van der Waals surface area contributed by atoms with Crippen LogP contribution >= 0.6 is 0 Å². The van der Waals surface area contributed by atoms with E-state index in [2.05, 4.69) is 0 Å². The van der Waals surface area contributed by atoms with Crippen LogP contribution < -0.4 is 0 Å². The van der Waals surface area contributed by atoms with Crippen molar-refractivity contribution < 1.29 is 19.0 Å². The largest absolute Gasteiger partial charge is 0.466 e. The van der Waals surface area contributed by atoms with Crippen LogP contribution in [0, 0.1) is 11.8 Å². The van der Waals surface area contributed by atoms with Gasteiger partial charge in [0.2, 0.25) is 0 Å². The molecule has 0 aromatic carbocycles. The highest BCUT2D eigenvalue weighted by atomic mass is 16.5. The lowest BCUT2D eigenvalue weighted by Crippen LogP contribution is -2.24. The molecule has 0 radical (unpaired) electrons. The molecule has 16 heavy (non-hydrogen) atoms. The van der Waals surface area contributed by atoms with E-state index in [-0.39, 0.29) is 11.9 Å². The Bertz CT molecular complexity index is 199. The standard InChI is InChI=1S/C12H22O4/c1-3-16-12(13)10(2)8-15-9-11-4-6-14-7-5-11/h10-11H,3-9H2,1-2H3. The van der Waals surface area contributed by atoms with Crippen molar-refractivity contribution in [2.45, 2.75) is 26.7 Å². The lowest BCUT2D eigenvalue weighted by molar-refractivity contribution is -0.149. The minimum Gasteiger partial charge on any atom is -0.466 e. The maximum atomic E-state index is 11.3. The summed E-state index contributed by atoms with van der Waals surface area (Å²) in [5.41, 5.74) is 0. The molecule has 0 amide bonds. The second-order valence-electron chi connectivity index (χ2n) is 4.25. The molecule has 1 atom stereocenters. The molecule has 94 valence electrons. The summed E-state index contributed by atoms with van der Waals surface area (Å²) in [5.74, 6) is 0.248. The fourth-order valence-electron chi connectivity index (χ4n) is 1.68. The molecule has 0 bridgehead atoms. The number of rotatable bonds is 6. The van der Waals surface area contributed by atoms with Gasteiger partial charge in [-0.25, -0.2) is 0 Å². The second kappa shape index (κ2) is 7.63. The van der Waals surface area contributed by atoms with Gasteiger partial charge in [-0.2, -0.15) is 0 Å². The van der Waals surface area contributed by atoms with E-state index in [4.69, 9.17) is 14.2 Å². The molecule has 0 spiro atoms. The molecule has 1 aliphatic rings. The van der Waals surface area contributed by atoms with Crippen molar-refractivity contribution in [1.82, 2.24) is 0 Å². The van der Waals surface area contributed by atoms with Gasteiger partial charge in [0.15, 0.2) is 0 Å². The zero-order valence-corrected chi connectivity index (χ0v) is 10.2. The molecule has 1 rings (SSSR count). The van der Waals surface area contributed by atoms with Crippen LogP contribution in [-0.2, 0) is 19.0 Å². The highest BCUT2D eigenvalue weighted by Crippen LogP contribution is 2.15. The molecule has 4 heteroatoms. The van der Waals surface area contributed by atoms with Gasteiger partial charge in [0.25, 0.3) is 0 Å². The van der Waals surface area contributed by atoms with Crippen LogP contribution in [0.1, 0.15) is 26.7 Å². The van der Waals surface area contributed by atoms with Gasteiger partial charge >= 0.3 is 5.97 Å². The molecular weight excluding hydrogens is 208 g/mol. The Kier molecular flexibility index (Phi) is 6.42. The number of carbonyl (C=O) groups is 1. The summed E-state index contributed by atoms with van der Waals surface area (Å²) in [6.07, 6.45) is 2.13. The molecule has 0 saturated carbocycles. The summed E-state index contributed by atoms with van der Waals surface area (Å²) in [5, 5.41) is 0. The molecule has 0 N–H and O–H groups in total. The first-order valence-electron chi connectivity index (χ1n) is 6.06. The Morgan fingerprint density at radius 2 is 2.12 bits per heavy atom. The fourth-order valence-corrected chi connectivity index (χ4v) is 1.68. The number of ether oxygens (including phenoxy) is 3. The Morgan fingerprint density at radius 3 is 2.75 bits per heavy atom. The summed E-state index contributed by atoms with van der Waals surface area (Å²) >= 11 is 0. The lowest BCUT2D eigenvalue weighted by atomic mass is 10.0. The highest BCUT2D eigenvalue weighted by molar-refractivity contribution is 5.72. The first-order valence-corrected chi connectivity index (χ1v) is 6.06. The molecule has 1 saturated heterocycles. The Morgan fingerprint density at radius 1 is 1.44 bits per heavy atom. The van der Waals surface area contributed by atoms with Crippen LogP contribution in [0.2, 0.25) is 0 Å². The molecule has 1 aliphatic heterocycles. The number of hydrogen-bond acceptors (Lipinski definition) is 4. The Hall–Kier alpha value is -0.610. The smallest absolute Gasteiger partial charge is 0.310 e. The van der Waals surface area contributed by atoms with Crippen LogP contribution in [-0.4, -0.2) is 39.0 Å². The van der Waals surface area contributed by atoms with Gasteiger partial charge in [-0.15, -0.1) is 0 Å². The van der Waals surface area contributed by atoms with E-state index in [0.29, 0.717) is 19.1 Å². The monoisotopic (exact) mass is 230 g/mol. The van der Waals surface area contributed by atoms with E-state index < -0.39 is 0 Å². The van der Waals surface area contributed by atoms with E-state index in [0.717, 1.165) is 32.7 Å². The summed E-state index contributed by atoms with van der Waals surface area (Å²) in [4.78, 5) is 11.3. The van der Waals surface area contributed by atoms with Crippen molar-refractivity contribution in [1.29, 1.82) is 0 Å². The SMILES string of the molecule is CCOC(=O)C(C)COCC1CCOCC1. The Balaban J connectivity index is 2.07. The zero-order valence-electron chi connectivity index (χ0n) is 10.2. The summed E-state index contributed by atoms with van der Waals surface area (Å²) in [6.45, 7) is 6.94. The molecule has 1 heterocycles. The third kappa shape index (κ3) is 4.94. The van der Waals surface area contributed by atoms with Gasteiger partial charge in [-0.1, -0.05) is 0 Å². The maximum absolute atomic E-state index is 11.3. The van der Waals surface area contributed by atoms with Crippen LogP contribution in [0.25, 0.3) is 0 Å². The van der Waals surface area contributed by atoms with Crippen molar-refractivity contribution >= 4 is 5.97 Å². The Labute approximate surface area is 97.2 Å². The van der Waals surface area contributed by atoms with Crippen molar-refractivity contribution in [3.63, 3.8) is 0 Å². The molecule has 1 unspecified atom stereocenters. The van der Waals surface area contributed by atoms with Crippen LogP contribution in [0.3, 0.4) is 0 Å². The van der Waals surface area contributed by atoms with Crippen molar-refractivity contribution in [2.75, 3.05) is 33.0 Å². The van der Waals surface area contributed by atoms with E-state index in [9.17, 15) is 4.79 Å². The van der Waals surface area contributed by atoms with Crippen molar-refractivity contribution in [3.05, 3.63) is 0 Å².